The topological polar surface area (TPSA) is 49.3 Å². The zero-order valence-electron chi connectivity index (χ0n) is 10.9. The normalized spacial score (nSPS) is 23.7. The van der Waals surface area contributed by atoms with Gasteiger partial charge in [-0.1, -0.05) is 19.1 Å². The molecule has 0 atom stereocenters. The molecule has 3 heteroatoms. The number of amides is 1. The van der Waals surface area contributed by atoms with Crippen LogP contribution in [0.2, 0.25) is 0 Å². The summed E-state index contributed by atoms with van der Waals surface area (Å²) in [7, 11) is 0. The lowest BCUT2D eigenvalue weighted by atomic mass is 9.82. The van der Waals surface area contributed by atoms with Crippen molar-refractivity contribution in [2.24, 2.45) is 11.8 Å². The van der Waals surface area contributed by atoms with Gasteiger partial charge in [0.2, 0.25) is 5.91 Å². The number of rotatable bonds is 3. The van der Waals surface area contributed by atoms with E-state index in [4.69, 9.17) is 5.11 Å². The van der Waals surface area contributed by atoms with Crippen molar-refractivity contribution in [3.8, 4) is 0 Å². The van der Waals surface area contributed by atoms with Crippen molar-refractivity contribution >= 4 is 11.6 Å². The van der Waals surface area contributed by atoms with E-state index in [9.17, 15) is 4.79 Å². The fourth-order valence-corrected chi connectivity index (χ4v) is 2.46. The Bertz CT molecular complexity index is 391. The highest BCUT2D eigenvalue weighted by molar-refractivity contribution is 5.92. The first-order valence-corrected chi connectivity index (χ1v) is 6.69. The minimum Gasteiger partial charge on any atom is -0.392 e. The van der Waals surface area contributed by atoms with Crippen molar-refractivity contribution in [3.63, 3.8) is 0 Å². The second-order valence-electron chi connectivity index (χ2n) is 5.30. The summed E-state index contributed by atoms with van der Waals surface area (Å²) in [6.07, 6.45) is 4.31. The molecule has 2 rings (SSSR count). The first-order valence-electron chi connectivity index (χ1n) is 6.69. The van der Waals surface area contributed by atoms with E-state index in [0.29, 0.717) is 0 Å². The van der Waals surface area contributed by atoms with Gasteiger partial charge in [-0.25, -0.2) is 0 Å². The van der Waals surface area contributed by atoms with E-state index >= 15 is 0 Å². The molecular formula is C15H21NO2. The van der Waals surface area contributed by atoms with Crippen molar-refractivity contribution < 1.29 is 9.90 Å². The summed E-state index contributed by atoms with van der Waals surface area (Å²) in [6.45, 7) is 2.29. The van der Waals surface area contributed by atoms with E-state index < -0.39 is 0 Å². The molecule has 0 aromatic heterocycles. The Labute approximate surface area is 108 Å². The zero-order valence-corrected chi connectivity index (χ0v) is 10.9. The van der Waals surface area contributed by atoms with Crippen LogP contribution in [0.25, 0.3) is 0 Å². The predicted octanol–water partition coefficient (Wildman–Crippen LogP) is 2.94. The monoisotopic (exact) mass is 247 g/mol. The molecule has 1 aliphatic rings. The van der Waals surface area contributed by atoms with Crippen LogP contribution in [0.5, 0.6) is 0 Å². The van der Waals surface area contributed by atoms with Crippen LogP contribution in [-0.4, -0.2) is 11.0 Å². The molecule has 3 nitrogen and oxygen atoms in total. The lowest BCUT2D eigenvalue weighted by molar-refractivity contribution is -0.121. The molecule has 1 amide bonds. The molecule has 0 aliphatic heterocycles. The second-order valence-corrected chi connectivity index (χ2v) is 5.30. The first-order chi connectivity index (χ1) is 8.69. The molecule has 1 saturated carbocycles. The van der Waals surface area contributed by atoms with Gasteiger partial charge < -0.3 is 10.4 Å². The lowest BCUT2D eigenvalue weighted by Crippen LogP contribution is -2.26. The number of carbonyl (C=O) groups is 1. The molecule has 1 aliphatic carbocycles. The van der Waals surface area contributed by atoms with E-state index in [-0.39, 0.29) is 18.4 Å². The molecule has 0 saturated heterocycles. The second kappa shape index (κ2) is 6.01. The standard InChI is InChI=1S/C15H21NO2/c1-11-2-6-13(7-3-11)15(18)16-14-8-4-12(10-17)5-9-14/h4-5,8-9,11,13,17H,2-3,6-7,10H2,1H3,(H,16,18). The van der Waals surface area contributed by atoms with Gasteiger partial charge in [-0.3, -0.25) is 4.79 Å². The van der Waals surface area contributed by atoms with Crippen molar-refractivity contribution in [2.45, 2.75) is 39.2 Å². The largest absolute Gasteiger partial charge is 0.392 e. The van der Waals surface area contributed by atoms with Crippen molar-refractivity contribution in [1.82, 2.24) is 0 Å². The van der Waals surface area contributed by atoms with E-state index in [1.165, 1.54) is 0 Å². The maximum absolute atomic E-state index is 12.1. The fourth-order valence-electron chi connectivity index (χ4n) is 2.46. The summed E-state index contributed by atoms with van der Waals surface area (Å²) in [4.78, 5) is 12.1. The molecule has 0 bridgehead atoms. The SMILES string of the molecule is CC1CCC(C(=O)Nc2ccc(CO)cc2)CC1. The van der Waals surface area contributed by atoms with E-state index in [1.807, 2.05) is 24.3 Å². The fraction of sp³-hybridized carbons (Fsp3) is 0.533. The number of nitrogens with one attached hydrogen (secondary N) is 1. The lowest BCUT2D eigenvalue weighted by Gasteiger charge is -2.25. The number of benzene rings is 1. The Kier molecular flexibility index (Phi) is 4.37. The first kappa shape index (κ1) is 13.1. The summed E-state index contributed by atoms with van der Waals surface area (Å²) in [6, 6.07) is 7.35. The van der Waals surface area contributed by atoms with Crippen LogP contribution >= 0.6 is 0 Å². The van der Waals surface area contributed by atoms with Gasteiger partial charge in [-0.15, -0.1) is 0 Å². The molecule has 0 unspecified atom stereocenters. The van der Waals surface area contributed by atoms with Gasteiger partial charge >= 0.3 is 0 Å². The smallest absolute Gasteiger partial charge is 0.227 e. The summed E-state index contributed by atoms with van der Waals surface area (Å²) in [5.41, 5.74) is 1.68. The minimum atomic E-state index is 0.0364. The molecular weight excluding hydrogens is 226 g/mol. The predicted molar refractivity (Wildman–Crippen MR) is 72.1 cm³/mol. The van der Waals surface area contributed by atoms with Crippen LogP contribution in [0, 0.1) is 11.8 Å². The van der Waals surface area contributed by atoms with Crippen molar-refractivity contribution in [2.75, 3.05) is 5.32 Å². The van der Waals surface area contributed by atoms with E-state index in [1.54, 1.807) is 0 Å². The van der Waals surface area contributed by atoms with E-state index in [2.05, 4.69) is 12.2 Å². The third-order valence-corrected chi connectivity index (χ3v) is 3.79. The Balaban J connectivity index is 1.90. The number of hydrogen-bond donors (Lipinski definition) is 2. The molecule has 18 heavy (non-hydrogen) atoms. The van der Waals surface area contributed by atoms with Crippen LogP contribution in [-0.2, 0) is 11.4 Å². The molecule has 1 aromatic carbocycles. The Hall–Kier alpha value is -1.35. The number of hydrogen-bond acceptors (Lipinski definition) is 2. The van der Waals surface area contributed by atoms with Gasteiger partial charge in [0.15, 0.2) is 0 Å². The third-order valence-electron chi connectivity index (χ3n) is 3.79. The number of carbonyl (C=O) groups excluding carboxylic acids is 1. The molecule has 0 spiro atoms. The van der Waals surface area contributed by atoms with Crippen molar-refractivity contribution in [3.05, 3.63) is 29.8 Å². The van der Waals surface area contributed by atoms with Crippen LogP contribution < -0.4 is 5.32 Å². The van der Waals surface area contributed by atoms with Crippen LogP contribution in [0.3, 0.4) is 0 Å². The Morgan fingerprint density at radius 2 is 1.83 bits per heavy atom. The van der Waals surface area contributed by atoms with Gasteiger partial charge in [0.05, 0.1) is 6.61 Å². The Morgan fingerprint density at radius 3 is 2.39 bits per heavy atom. The van der Waals surface area contributed by atoms with Crippen LogP contribution in [0.1, 0.15) is 38.2 Å². The van der Waals surface area contributed by atoms with Gasteiger partial charge in [-0.05, 0) is 49.3 Å². The van der Waals surface area contributed by atoms with Crippen LogP contribution in [0.15, 0.2) is 24.3 Å². The molecule has 2 N–H and O–H groups in total. The number of aliphatic hydroxyl groups excluding tert-OH is 1. The number of anilines is 1. The highest BCUT2D eigenvalue weighted by atomic mass is 16.3. The maximum atomic E-state index is 12.1. The summed E-state index contributed by atoms with van der Waals surface area (Å²) < 4.78 is 0. The van der Waals surface area contributed by atoms with Crippen LogP contribution in [0.4, 0.5) is 5.69 Å². The maximum Gasteiger partial charge on any atom is 0.227 e. The van der Waals surface area contributed by atoms with Crippen molar-refractivity contribution in [1.29, 1.82) is 0 Å². The minimum absolute atomic E-state index is 0.0364. The summed E-state index contributed by atoms with van der Waals surface area (Å²) in [5, 5.41) is 11.9. The quantitative estimate of drug-likeness (QED) is 0.862. The third kappa shape index (κ3) is 3.33. The highest BCUT2D eigenvalue weighted by Crippen LogP contribution is 2.29. The van der Waals surface area contributed by atoms with Gasteiger partial charge in [-0.2, -0.15) is 0 Å². The molecule has 0 heterocycles. The van der Waals surface area contributed by atoms with Gasteiger partial charge in [0.25, 0.3) is 0 Å². The average molecular weight is 247 g/mol. The molecule has 1 aromatic rings. The Morgan fingerprint density at radius 1 is 1.22 bits per heavy atom. The average Bonchev–Trinajstić information content (AvgIpc) is 2.40. The summed E-state index contributed by atoms with van der Waals surface area (Å²) in [5.74, 6) is 1.07. The number of aliphatic hydroxyl groups is 1. The summed E-state index contributed by atoms with van der Waals surface area (Å²) >= 11 is 0. The molecule has 1 fully saturated rings. The highest BCUT2D eigenvalue weighted by Gasteiger charge is 2.24. The molecule has 0 radical (unpaired) electrons. The molecule has 98 valence electrons. The van der Waals surface area contributed by atoms with Gasteiger partial charge in [0, 0.05) is 11.6 Å². The van der Waals surface area contributed by atoms with Gasteiger partial charge in [0.1, 0.15) is 0 Å². The zero-order chi connectivity index (χ0) is 13.0. The van der Waals surface area contributed by atoms with E-state index in [0.717, 1.165) is 42.9 Å².